The maximum Gasteiger partial charge on any atom is 0.308 e. The molecule has 1 aromatic heterocycles. The van der Waals surface area contributed by atoms with Gasteiger partial charge in [0, 0.05) is 38.3 Å². The van der Waals surface area contributed by atoms with Crippen molar-refractivity contribution in [1.82, 2.24) is 10.1 Å². The van der Waals surface area contributed by atoms with Gasteiger partial charge in [0.15, 0.2) is 5.69 Å². The van der Waals surface area contributed by atoms with Gasteiger partial charge < -0.3 is 19.3 Å². The Morgan fingerprint density at radius 3 is 2.87 bits per heavy atom. The van der Waals surface area contributed by atoms with Crippen LogP contribution >= 0.6 is 0 Å². The Kier molecular flexibility index (Phi) is 6.15. The highest BCUT2D eigenvalue weighted by Gasteiger charge is 2.30. The molecule has 0 saturated heterocycles. The highest BCUT2D eigenvalue weighted by atomic mass is 16.5. The summed E-state index contributed by atoms with van der Waals surface area (Å²) in [4.78, 5) is 25.2. The van der Waals surface area contributed by atoms with E-state index in [9.17, 15) is 9.59 Å². The van der Waals surface area contributed by atoms with Crippen LogP contribution in [0, 0.1) is 5.92 Å². The van der Waals surface area contributed by atoms with Crippen LogP contribution in [0.4, 0.5) is 0 Å². The Morgan fingerprint density at radius 1 is 1.52 bits per heavy atom. The Hall–Kier alpha value is -1.89. The van der Waals surface area contributed by atoms with E-state index >= 15 is 0 Å². The quantitative estimate of drug-likeness (QED) is 0.663. The van der Waals surface area contributed by atoms with Crippen LogP contribution in [0.2, 0.25) is 0 Å². The van der Waals surface area contributed by atoms with Gasteiger partial charge in [-0.3, -0.25) is 9.59 Å². The van der Waals surface area contributed by atoms with Gasteiger partial charge in [-0.15, -0.1) is 0 Å². The summed E-state index contributed by atoms with van der Waals surface area (Å²) in [6.07, 6.45) is 2.78. The molecule has 0 aromatic carbocycles. The molecule has 1 fully saturated rings. The fourth-order valence-corrected chi connectivity index (χ4v) is 2.30. The minimum absolute atomic E-state index is 0.145. The molecule has 1 saturated carbocycles. The van der Waals surface area contributed by atoms with E-state index in [0.717, 1.165) is 18.6 Å². The molecule has 23 heavy (non-hydrogen) atoms. The van der Waals surface area contributed by atoms with Crippen molar-refractivity contribution in [3.8, 4) is 0 Å². The number of ether oxygens (including phenoxy) is 1. The third-order valence-electron chi connectivity index (χ3n) is 3.85. The van der Waals surface area contributed by atoms with Crippen molar-refractivity contribution in [1.29, 1.82) is 0 Å². The molecule has 1 heterocycles. The summed E-state index contributed by atoms with van der Waals surface area (Å²) in [7, 11) is 0. The molecule has 1 amide bonds. The second kappa shape index (κ2) is 8.10. The number of carboxylic acid groups (broad SMARTS) is 1. The molecular formula is C16H24N2O5. The maximum absolute atomic E-state index is 12.6. The maximum atomic E-state index is 12.6. The van der Waals surface area contributed by atoms with E-state index in [-0.39, 0.29) is 18.1 Å². The van der Waals surface area contributed by atoms with E-state index < -0.39 is 11.9 Å². The van der Waals surface area contributed by atoms with Crippen molar-refractivity contribution in [2.75, 3.05) is 26.3 Å². The lowest BCUT2D eigenvalue weighted by molar-refractivity contribution is -0.141. The number of carboxylic acids is 1. The molecule has 1 aliphatic rings. The second-order valence-electron chi connectivity index (χ2n) is 5.93. The van der Waals surface area contributed by atoms with Crippen LogP contribution < -0.4 is 0 Å². The Balaban J connectivity index is 2.00. The molecule has 1 aromatic rings. The fourth-order valence-electron chi connectivity index (χ4n) is 2.30. The van der Waals surface area contributed by atoms with Gasteiger partial charge in [0.25, 0.3) is 5.91 Å². The highest BCUT2D eigenvalue weighted by molar-refractivity contribution is 5.92. The summed E-state index contributed by atoms with van der Waals surface area (Å²) in [5, 5.41) is 12.9. The van der Waals surface area contributed by atoms with Crippen LogP contribution in [0.1, 0.15) is 55.3 Å². The van der Waals surface area contributed by atoms with E-state index in [4.69, 9.17) is 14.4 Å². The number of carbonyl (C=O) groups is 2. The van der Waals surface area contributed by atoms with Crippen LogP contribution in [-0.2, 0) is 9.53 Å². The van der Waals surface area contributed by atoms with Gasteiger partial charge in [-0.05, 0) is 26.2 Å². The van der Waals surface area contributed by atoms with Crippen LogP contribution in [-0.4, -0.2) is 53.3 Å². The van der Waals surface area contributed by atoms with Gasteiger partial charge in [-0.1, -0.05) is 12.1 Å². The molecule has 1 atom stereocenters. The predicted molar refractivity (Wildman–Crippen MR) is 82.3 cm³/mol. The lowest BCUT2D eigenvalue weighted by Crippen LogP contribution is -2.38. The third kappa shape index (κ3) is 5.06. The van der Waals surface area contributed by atoms with Gasteiger partial charge in [-0.25, -0.2) is 0 Å². The van der Waals surface area contributed by atoms with Crippen LogP contribution in [0.25, 0.3) is 0 Å². The first kappa shape index (κ1) is 17.5. The number of nitrogens with zero attached hydrogens (tertiary/aromatic N) is 2. The lowest BCUT2D eigenvalue weighted by Gasteiger charge is -2.23. The molecule has 7 nitrogen and oxygen atoms in total. The summed E-state index contributed by atoms with van der Waals surface area (Å²) in [5.41, 5.74) is 0.251. The molecule has 2 rings (SSSR count). The van der Waals surface area contributed by atoms with Crippen molar-refractivity contribution in [3.05, 3.63) is 17.5 Å². The van der Waals surface area contributed by atoms with Crippen molar-refractivity contribution in [3.63, 3.8) is 0 Å². The van der Waals surface area contributed by atoms with Crippen molar-refractivity contribution in [2.45, 2.75) is 39.0 Å². The van der Waals surface area contributed by atoms with Gasteiger partial charge >= 0.3 is 5.97 Å². The Morgan fingerprint density at radius 2 is 2.26 bits per heavy atom. The van der Waals surface area contributed by atoms with E-state index in [1.165, 1.54) is 4.90 Å². The summed E-state index contributed by atoms with van der Waals surface area (Å²) >= 11 is 0. The van der Waals surface area contributed by atoms with Crippen molar-refractivity contribution < 1.29 is 24.0 Å². The normalized spacial score (nSPS) is 15.4. The van der Waals surface area contributed by atoms with Gasteiger partial charge in [0.2, 0.25) is 0 Å². The van der Waals surface area contributed by atoms with E-state index in [2.05, 4.69) is 5.16 Å². The minimum atomic E-state index is -0.925. The monoisotopic (exact) mass is 324 g/mol. The number of amides is 1. The second-order valence-corrected chi connectivity index (χ2v) is 5.93. The summed E-state index contributed by atoms with van der Waals surface area (Å²) < 4.78 is 10.5. The number of aliphatic carboxylic acids is 1. The molecule has 0 radical (unpaired) electrons. The molecule has 1 N–H and O–H groups in total. The molecule has 1 aliphatic carbocycles. The van der Waals surface area contributed by atoms with Crippen LogP contribution in [0.15, 0.2) is 10.6 Å². The van der Waals surface area contributed by atoms with Gasteiger partial charge in [-0.2, -0.15) is 0 Å². The number of rotatable bonds is 10. The first-order chi connectivity index (χ1) is 11.0. The molecule has 1 unspecified atom stereocenters. The zero-order valence-corrected chi connectivity index (χ0v) is 13.7. The number of hydrogen-bond donors (Lipinski definition) is 1. The van der Waals surface area contributed by atoms with E-state index in [1.54, 1.807) is 13.0 Å². The zero-order chi connectivity index (χ0) is 16.8. The molecule has 7 heteroatoms. The Bertz CT molecular complexity index is 538. The molecule has 128 valence electrons. The van der Waals surface area contributed by atoms with Crippen LogP contribution in [0.3, 0.4) is 0 Å². The molecular weight excluding hydrogens is 300 g/mol. The van der Waals surface area contributed by atoms with Crippen molar-refractivity contribution in [2.24, 2.45) is 5.92 Å². The van der Waals surface area contributed by atoms with Crippen molar-refractivity contribution >= 4 is 11.9 Å². The summed E-state index contributed by atoms with van der Waals surface area (Å²) in [6, 6.07) is 1.68. The topological polar surface area (TPSA) is 92.9 Å². The number of hydrogen-bond acceptors (Lipinski definition) is 5. The minimum Gasteiger partial charge on any atom is -0.481 e. The van der Waals surface area contributed by atoms with E-state index in [1.807, 2.05) is 6.92 Å². The fraction of sp³-hybridized carbons (Fsp3) is 0.688. The first-order valence-electron chi connectivity index (χ1n) is 8.09. The molecule has 0 aliphatic heterocycles. The summed E-state index contributed by atoms with van der Waals surface area (Å²) in [6.45, 7) is 5.23. The molecule has 0 spiro atoms. The first-order valence-corrected chi connectivity index (χ1v) is 8.09. The number of carbonyl (C=O) groups excluding carboxylic acids is 1. The molecule has 0 bridgehead atoms. The predicted octanol–water partition coefficient (Wildman–Crippen LogP) is 2.14. The zero-order valence-electron chi connectivity index (χ0n) is 13.7. The largest absolute Gasteiger partial charge is 0.481 e. The number of aromatic nitrogens is 1. The van der Waals surface area contributed by atoms with E-state index in [0.29, 0.717) is 32.1 Å². The summed E-state index contributed by atoms with van der Waals surface area (Å²) in [5.74, 6) is -0.722. The van der Waals surface area contributed by atoms with Gasteiger partial charge in [0.1, 0.15) is 5.76 Å². The average Bonchev–Trinajstić information content (AvgIpc) is 3.26. The highest BCUT2D eigenvalue weighted by Crippen LogP contribution is 2.40. The third-order valence-corrected chi connectivity index (χ3v) is 3.85. The lowest BCUT2D eigenvalue weighted by atomic mass is 10.1. The smallest absolute Gasteiger partial charge is 0.308 e. The Labute approximate surface area is 135 Å². The average molecular weight is 324 g/mol. The van der Waals surface area contributed by atoms with Gasteiger partial charge in [0.05, 0.1) is 5.92 Å². The van der Waals surface area contributed by atoms with Crippen LogP contribution in [0.5, 0.6) is 0 Å². The SMILES string of the molecule is CCOCCCN(CC(C)C(=O)O)C(=O)c1cc(C2CC2)on1. The standard InChI is InChI=1S/C16H24N2O5/c1-3-22-8-4-7-18(10-11(2)16(20)21)15(19)13-9-14(23-17-13)12-5-6-12/h9,11-12H,3-8,10H2,1-2H3,(H,20,21).